The van der Waals surface area contributed by atoms with Crippen LogP contribution in [0.25, 0.3) is 0 Å². The predicted octanol–water partition coefficient (Wildman–Crippen LogP) is -0.839. The average molecular weight is 261 g/mol. The van der Waals surface area contributed by atoms with Gasteiger partial charge in [0, 0.05) is 0 Å². The van der Waals surface area contributed by atoms with Gasteiger partial charge in [-0.3, -0.25) is 4.79 Å². The fourth-order valence-corrected chi connectivity index (χ4v) is 2.10. The number of rotatable bonds is 3. The molecule has 6 nitrogen and oxygen atoms in total. The Bertz CT molecular complexity index is 301. The van der Waals surface area contributed by atoms with E-state index in [1.165, 1.54) is 13.8 Å². The Kier molecular flexibility index (Phi) is 4.72. The molecule has 1 aliphatic heterocycles. The second kappa shape index (κ2) is 5.52. The summed E-state index contributed by atoms with van der Waals surface area (Å²) in [6, 6.07) is -0.675. The van der Waals surface area contributed by atoms with E-state index in [0.29, 0.717) is 0 Å². The van der Waals surface area contributed by atoms with Crippen molar-refractivity contribution in [2.24, 2.45) is 0 Å². The first-order chi connectivity index (χ1) is 8.11. The van der Waals surface area contributed by atoms with Gasteiger partial charge in [-0.1, -0.05) is 0 Å². The maximum absolute atomic E-state index is 11.7. The SMILES string of the molecule is CC1OC(C)C(NC(=O)CC(C)(C)O)C(O)C1O. The maximum atomic E-state index is 11.7. The molecule has 0 aliphatic carbocycles. The van der Waals surface area contributed by atoms with E-state index >= 15 is 0 Å². The number of aliphatic hydroxyl groups excluding tert-OH is 2. The third-order valence-corrected chi connectivity index (χ3v) is 3.05. The first-order valence-corrected chi connectivity index (χ1v) is 6.15. The van der Waals surface area contributed by atoms with Crippen molar-refractivity contribution in [3.63, 3.8) is 0 Å². The van der Waals surface area contributed by atoms with Gasteiger partial charge in [-0.15, -0.1) is 0 Å². The minimum atomic E-state index is -1.11. The van der Waals surface area contributed by atoms with Gasteiger partial charge in [0.25, 0.3) is 0 Å². The molecule has 18 heavy (non-hydrogen) atoms. The zero-order valence-corrected chi connectivity index (χ0v) is 11.3. The lowest BCUT2D eigenvalue weighted by Gasteiger charge is -2.41. The average Bonchev–Trinajstić information content (AvgIpc) is 2.19. The molecule has 5 unspecified atom stereocenters. The molecule has 1 rings (SSSR count). The van der Waals surface area contributed by atoms with Crippen LogP contribution in [-0.4, -0.2) is 57.3 Å². The van der Waals surface area contributed by atoms with Crippen molar-refractivity contribution in [2.75, 3.05) is 0 Å². The predicted molar refractivity (Wildman–Crippen MR) is 64.9 cm³/mol. The molecule has 0 aromatic carbocycles. The Morgan fingerprint density at radius 1 is 1.22 bits per heavy atom. The van der Waals surface area contributed by atoms with E-state index in [2.05, 4.69) is 5.32 Å². The maximum Gasteiger partial charge on any atom is 0.223 e. The fourth-order valence-electron chi connectivity index (χ4n) is 2.10. The molecule has 5 atom stereocenters. The lowest BCUT2D eigenvalue weighted by atomic mass is 9.93. The Hall–Kier alpha value is -0.690. The van der Waals surface area contributed by atoms with Gasteiger partial charge < -0.3 is 25.4 Å². The Labute approximate surface area is 107 Å². The molecule has 0 bridgehead atoms. The highest BCUT2D eigenvalue weighted by atomic mass is 16.5. The number of nitrogens with one attached hydrogen (secondary N) is 1. The molecule has 106 valence electrons. The molecule has 0 spiro atoms. The molecule has 4 N–H and O–H groups in total. The summed E-state index contributed by atoms with van der Waals surface area (Å²) in [5, 5.41) is 31.8. The third kappa shape index (κ3) is 3.91. The lowest BCUT2D eigenvalue weighted by Crippen LogP contribution is -2.62. The summed E-state index contributed by atoms with van der Waals surface area (Å²) in [4.78, 5) is 11.7. The number of amides is 1. The van der Waals surface area contributed by atoms with Crippen molar-refractivity contribution in [1.82, 2.24) is 5.32 Å². The molecule has 0 saturated carbocycles. The number of aliphatic hydroxyl groups is 3. The summed E-state index contributed by atoms with van der Waals surface area (Å²) in [5.74, 6) is -0.385. The Morgan fingerprint density at radius 3 is 2.28 bits per heavy atom. The van der Waals surface area contributed by atoms with Gasteiger partial charge in [-0.05, 0) is 27.7 Å². The summed E-state index contributed by atoms with van der Waals surface area (Å²) in [6.45, 7) is 6.45. The lowest BCUT2D eigenvalue weighted by molar-refractivity contribution is -0.176. The van der Waals surface area contributed by atoms with Gasteiger partial charge in [0.15, 0.2) is 0 Å². The van der Waals surface area contributed by atoms with Crippen LogP contribution in [0.4, 0.5) is 0 Å². The highest BCUT2D eigenvalue weighted by Crippen LogP contribution is 2.21. The standard InChI is InChI=1S/C12H23NO5/c1-6-9(11(16)10(15)7(2)18-6)13-8(14)5-12(3,4)17/h6-7,9-11,15-17H,5H2,1-4H3,(H,13,14). The minimum absolute atomic E-state index is 0.0748. The molecule has 0 aromatic heterocycles. The van der Waals surface area contributed by atoms with Crippen molar-refractivity contribution >= 4 is 5.91 Å². The topological polar surface area (TPSA) is 99.0 Å². The van der Waals surface area contributed by atoms with Crippen LogP contribution in [0.2, 0.25) is 0 Å². The molecule has 0 aromatic rings. The first-order valence-electron chi connectivity index (χ1n) is 6.15. The van der Waals surface area contributed by atoms with E-state index in [1.54, 1.807) is 13.8 Å². The van der Waals surface area contributed by atoms with Crippen molar-refractivity contribution in [3.05, 3.63) is 0 Å². The smallest absolute Gasteiger partial charge is 0.223 e. The monoisotopic (exact) mass is 261 g/mol. The summed E-state index contributed by atoms with van der Waals surface area (Å²) < 4.78 is 5.43. The van der Waals surface area contributed by atoms with Crippen molar-refractivity contribution < 1.29 is 24.9 Å². The Balaban J connectivity index is 2.62. The van der Waals surface area contributed by atoms with Crippen molar-refractivity contribution in [1.29, 1.82) is 0 Å². The van der Waals surface area contributed by atoms with Crippen LogP contribution in [0, 0.1) is 0 Å². The normalized spacial score (nSPS) is 37.4. The largest absolute Gasteiger partial charge is 0.390 e. The van der Waals surface area contributed by atoms with Crippen LogP contribution in [-0.2, 0) is 9.53 Å². The molecule has 1 heterocycles. The number of hydrogen-bond acceptors (Lipinski definition) is 5. The molecule has 6 heteroatoms. The Morgan fingerprint density at radius 2 is 1.78 bits per heavy atom. The molecular weight excluding hydrogens is 238 g/mol. The summed E-state index contributed by atoms with van der Waals surface area (Å²) in [6.07, 6.45) is -3.06. The molecule has 1 fully saturated rings. The second-order valence-corrected chi connectivity index (χ2v) is 5.61. The van der Waals surface area contributed by atoms with E-state index in [4.69, 9.17) is 4.74 Å². The molecule has 1 amide bonds. The highest BCUT2D eigenvalue weighted by Gasteiger charge is 2.41. The van der Waals surface area contributed by atoms with Crippen LogP contribution >= 0.6 is 0 Å². The summed E-state index contributed by atoms with van der Waals surface area (Å²) in [5.41, 5.74) is -1.11. The van der Waals surface area contributed by atoms with Gasteiger partial charge in [-0.25, -0.2) is 0 Å². The molecular formula is C12H23NO5. The number of hydrogen-bond donors (Lipinski definition) is 4. The molecule has 1 aliphatic rings. The van der Waals surface area contributed by atoms with Gasteiger partial charge in [-0.2, -0.15) is 0 Å². The van der Waals surface area contributed by atoms with Crippen LogP contribution in [0.15, 0.2) is 0 Å². The highest BCUT2D eigenvalue weighted by molar-refractivity contribution is 5.77. The van der Waals surface area contributed by atoms with E-state index in [1.807, 2.05) is 0 Å². The van der Waals surface area contributed by atoms with E-state index in [9.17, 15) is 20.1 Å². The van der Waals surface area contributed by atoms with E-state index < -0.39 is 36.1 Å². The quantitative estimate of drug-likeness (QED) is 0.531. The van der Waals surface area contributed by atoms with Gasteiger partial charge in [0.2, 0.25) is 5.91 Å². The number of carbonyl (C=O) groups excluding carboxylic acids is 1. The van der Waals surface area contributed by atoms with Gasteiger partial charge in [0.05, 0.1) is 30.3 Å². The summed E-state index contributed by atoms with van der Waals surface area (Å²) >= 11 is 0. The zero-order valence-electron chi connectivity index (χ0n) is 11.3. The van der Waals surface area contributed by atoms with Crippen molar-refractivity contribution in [2.45, 2.75) is 70.2 Å². The van der Waals surface area contributed by atoms with Crippen LogP contribution < -0.4 is 5.32 Å². The van der Waals surface area contributed by atoms with Crippen LogP contribution in [0.1, 0.15) is 34.1 Å². The van der Waals surface area contributed by atoms with E-state index in [0.717, 1.165) is 0 Å². The number of carbonyl (C=O) groups is 1. The molecule has 1 saturated heterocycles. The van der Waals surface area contributed by atoms with Crippen molar-refractivity contribution in [3.8, 4) is 0 Å². The van der Waals surface area contributed by atoms with Crippen LogP contribution in [0.5, 0.6) is 0 Å². The number of ether oxygens (including phenoxy) is 1. The van der Waals surface area contributed by atoms with Gasteiger partial charge >= 0.3 is 0 Å². The molecule has 0 radical (unpaired) electrons. The zero-order chi connectivity index (χ0) is 14.1. The summed E-state index contributed by atoms with van der Waals surface area (Å²) in [7, 11) is 0. The first kappa shape index (κ1) is 15.4. The fraction of sp³-hybridized carbons (Fsp3) is 0.917. The second-order valence-electron chi connectivity index (χ2n) is 5.61. The van der Waals surface area contributed by atoms with E-state index in [-0.39, 0.29) is 12.3 Å². The third-order valence-electron chi connectivity index (χ3n) is 3.05. The minimum Gasteiger partial charge on any atom is -0.390 e. The van der Waals surface area contributed by atoms with Gasteiger partial charge in [0.1, 0.15) is 12.2 Å². The van der Waals surface area contributed by atoms with Crippen LogP contribution in [0.3, 0.4) is 0 Å².